The fourth-order valence-corrected chi connectivity index (χ4v) is 4.48. The minimum Gasteiger partial charge on any atom is -0.494 e. The predicted octanol–water partition coefficient (Wildman–Crippen LogP) is 2.89. The lowest BCUT2D eigenvalue weighted by molar-refractivity contribution is 0.0746. The van der Waals surface area contributed by atoms with Crippen LogP contribution in [-0.2, 0) is 10.0 Å². The van der Waals surface area contributed by atoms with Crippen LogP contribution in [0, 0.1) is 6.92 Å². The Kier molecular flexibility index (Phi) is 5.92. The number of fused-ring (bicyclic) bond motifs is 1. The molecule has 1 saturated heterocycles. The van der Waals surface area contributed by atoms with Crippen molar-refractivity contribution in [3.05, 3.63) is 59.7 Å². The highest BCUT2D eigenvalue weighted by Crippen LogP contribution is 2.29. The molecule has 1 aromatic heterocycles. The maximum Gasteiger partial charge on any atom is 0.253 e. The number of rotatable bonds is 5. The number of nitrogens with zero attached hydrogens (tertiary/aromatic N) is 3. The van der Waals surface area contributed by atoms with Gasteiger partial charge in [0.25, 0.3) is 5.91 Å². The number of methoxy groups -OCH3 is 1. The summed E-state index contributed by atoms with van der Waals surface area (Å²) < 4.78 is 30.6. The Balaban J connectivity index is 1.45. The molecule has 1 aliphatic rings. The van der Waals surface area contributed by atoms with Crippen molar-refractivity contribution >= 4 is 38.3 Å². The van der Waals surface area contributed by atoms with Gasteiger partial charge in [-0.15, -0.1) is 0 Å². The first-order valence-electron chi connectivity index (χ1n) is 10.3. The van der Waals surface area contributed by atoms with Crippen LogP contribution in [0.1, 0.15) is 15.9 Å². The van der Waals surface area contributed by atoms with Crippen LogP contribution in [0.2, 0.25) is 0 Å². The van der Waals surface area contributed by atoms with Crippen LogP contribution in [0.4, 0.5) is 11.5 Å². The molecule has 2 heterocycles. The Morgan fingerprint density at radius 1 is 1.06 bits per heavy atom. The Bertz CT molecular complexity index is 1250. The van der Waals surface area contributed by atoms with Crippen LogP contribution in [-0.4, -0.2) is 63.8 Å². The van der Waals surface area contributed by atoms with E-state index in [4.69, 9.17) is 9.72 Å². The van der Waals surface area contributed by atoms with Crippen molar-refractivity contribution in [3.8, 4) is 5.75 Å². The van der Waals surface area contributed by atoms with E-state index in [9.17, 15) is 13.2 Å². The lowest BCUT2D eigenvalue weighted by Gasteiger charge is -2.35. The quantitative estimate of drug-likeness (QED) is 0.637. The number of aryl methyl sites for hydroxylation is 1. The molecule has 1 N–H and O–H groups in total. The molecule has 0 radical (unpaired) electrons. The standard InChI is InChI=1S/C23H26N4O4S/c1-16-15-21(24-22-19(16)5-4-6-20(22)31-2)26-11-13-27(14-12-26)23(28)17-7-9-18(10-8-17)25-32(3,29)30/h4-10,15,25H,11-14H2,1-3H3. The molecular formula is C23H26N4O4S. The van der Waals surface area contributed by atoms with E-state index in [0.717, 1.165) is 34.3 Å². The second-order valence-corrected chi connectivity index (χ2v) is 9.63. The van der Waals surface area contributed by atoms with Gasteiger partial charge in [-0.25, -0.2) is 13.4 Å². The molecule has 0 spiro atoms. The average molecular weight is 455 g/mol. The van der Waals surface area contributed by atoms with Gasteiger partial charge >= 0.3 is 0 Å². The summed E-state index contributed by atoms with van der Waals surface area (Å²) in [6.45, 7) is 4.56. The lowest BCUT2D eigenvalue weighted by atomic mass is 10.1. The van der Waals surface area contributed by atoms with Crippen molar-refractivity contribution in [2.75, 3.05) is 49.2 Å². The first kappa shape index (κ1) is 21.9. The summed E-state index contributed by atoms with van der Waals surface area (Å²) in [7, 11) is -1.70. The Labute approximate surface area is 187 Å². The SMILES string of the molecule is COc1cccc2c(C)cc(N3CCN(C(=O)c4ccc(NS(C)(=O)=O)cc4)CC3)nc12. The van der Waals surface area contributed by atoms with Gasteiger partial charge in [-0.05, 0) is 48.9 Å². The van der Waals surface area contributed by atoms with E-state index in [0.29, 0.717) is 37.4 Å². The highest BCUT2D eigenvalue weighted by Gasteiger charge is 2.23. The fraction of sp³-hybridized carbons (Fsp3) is 0.304. The molecule has 0 aliphatic carbocycles. The first-order valence-corrected chi connectivity index (χ1v) is 12.2. The van der Waals surface area contributed by atoms with E-state index >= 15 is 0 Å². The second kappa shape index (κ2) is 8.66. The highest BCUT2D eigenvalue weighted by atomic mass is 32.2. The Hall–Kier alpha value is -3.33. The maximum absolute atomic E-state index is 12.9. The zero-order valence-corrected chi connectivity index (χ0v) is 19.1. The van der Waals surface area contributed by atoms with Gasteiger partial charge in [0, 0.05) is 42.8 Å². The molecule has 168 valence electrons. The summed E-state index contributed by atoms with van der Waals surface area (Å²) >= 11 is 0. The van der Waals surface area contributed by atoms with Gasteiger partial charge in [-0.2, -0.15) is 0 Å². The van der Waals surface area contributed by atoms with Gasteiger partial charge in [-0.1, -0.05) is 12.1 Å². The number of pyridine rings is 1. The number of amides is 1. The smallest absolute Gasteiger partial charge is 0.253 e. The van der Waals surface area contributed by atoms with Crippen LogP contribution >= 0.6 is 0 Å². The topological polar surface area (TPSA) is 91.8 Å². The van der Waals surface area contributed by atoms with Gasteiger partial charge in [0.15, 0.2) is 0 Å². The van der Waals surface area contributed by atoms with Crippen molar-refractivity contribution < 1.29 is 17.9 Å². The van der Waals surface area contributed by atoms with E-state index < -0.39 is 10.0 Å². The molecule has 0 atom stereocenters. The molecule has 0 bridgehead atoms. The van der Waals surface area contributed by atoms with E-state index in [1.807, 2.05) is 23.1 Å². The molecule has 8 nitrogen and oxygen atoms in total. The largest absolute Gasteiger partial charge is 0.494 e. The summed E-state index contributed by atoms with van der Waals surface area (Å²) in [6, 6.07) is 14.5. The van der Waals surface area contributed by atoms with Crippen LogP contribution in [0.25, 0.3) is 10.9 Å². The molecule has 32 heavy (non-hydrogen) atoms. The first-order chi connectivity index (χ1) is 15.2. The van der Waals surface area contributed by atoms with Crippen LogP contribution in [0.5, 0.6) is 5.75 Å². The molecule has 4 rings (SSSR count). The maximum atomic E-state index is 12.9. The molecule has 9 heteroatoms. The van der Waals surface area contributed by atoms with Gasteiger partial charge in [0.1, 0.15) is 17.1 Å². The van der Waals surface area contributed by atoms with Crippen molar-refractivity contribution in [1.82, 2.24) is 9.88 Å². The zero-order valence-electron chi connectivity index (χ0n) is 18.3. The molecule has 3 aromatic rings. The van der Waals surface area contributed by atoms with Gasteiger partial charge < -0.3 is 14.5 Å². The molecule has 1 aliphatic heterocycles. The second-order valence-electron chi connectivity index (χ2n) is 7.88. The fourth-order valence-electron chi connectivity index (χ4n) is 3.92. The van der Waals surface area contributed by atoms with E-state index in [1.54, 1.807) is 31.4 Å². The number of carbonyl (C=O) groups excluding carboxylic acids is 1. The van der Waals surface area contributed by atoms with E-state index in [-0.39, 0.29) is 5.91 Å². The van der Waals surface area contributed by atoms with Gasteiger partial charge in [0.05, 0.1) is 13.4 Å². The Morgan fingerprint density at radius 3 is 2.38 bits per heavy atom. The number of hydrogen-bond donors (Lipinski definition) is 1. The summed E-state index contributed by atoms with van der Waals surface area (Å²) in [5, 5.41) is 1.07. The number of ether oxygens (including phenoxy) is 1. The average Bonchev–Trinajstić information content (AvgIpc) is 2.78. The van der Waals surface area contributed by atoms with Crippen molar-refractivity contribution in [1.29, 1.82) is 0 Å². The zero-order chi connectivity index (χ0) is 22.9. The molecule has 2 aromatic carbocycles. The van der Waals surface area contributed by atoms with Crippen molar-refractivity contribution in [2.24, 2.45) is 0 Å². The number of benzene rings is 2. The minimum atomic E-state index is -3.35. The molecule has 1 fully saturated rings. The normalized spacial score (nSPS) is 14.5. The summed E-state index contributed by atoms with van der Waals surface area (Å²) in [5.74, 6) is 1.55. The summed E-state index contributed by atoms with van der Waals surface area (Å²) in [5.41, 5.74) is 2.93. The number of nitrogens with one attached hydrogen (secondary N) is 1. The van der Waals surface area contributed by atoms with Gasteiger partial charge in [0.2, 0.25) is 10.0 Å². The van der Waals surface area contributed by atoms with Crippen LogP contribution in [0.3, 0.4) is 0 Å². The number of carbonyl (C=O) groups is 1. The monoisotopic (exact) mass is 454 g/mol. The number of aromatic nitrogens is 1. The molecule has 0 saturated carbocycles. The third-order valence-corrected chi connectivity index (χ3v) is 6.15. The number of sulfonamides is 1. The molecule has 1 amide bonds. The minimum absolute atomic E-state index is 0.0696. The van der Waals surface area contributed by atoms with Crippen LogP contribution in [0.15, 0.2) is 48.5 Å². The third-order valence-electron chi connectivity index (χ3n) is 5.54. The van der Waals surface area contributed by atoms with Gasteiger partial charge in [-0.3, -0.25) is 9.52 Å². The summed E-state index contributed by atoms with van der Waals surface area (Å²) in [4.78, 5) is 21.7. The van der Waals surface area contributed by atoms with Crippen molar-refractivity contribution in [3.63, 3.8) is 0 Å². The Morgan fingerprint density at radius 2 is 1.75 bits per heavy atom. The molecular weight excluding hydrogens is 428 g/mol. The number of piperazine rings is 1. The third kappa shape index (κ3) is 4.62. The van der Waals surface area contributed by atoms with E-state index in [1.165, 1.54) is 0 Å². The predicted molar refractivity (Wildman–Crippen MR) is 126 cm³/mol. The lowest BCUT2D eigenvalue weighted by Crippen LogP contribution is -2.49. The highest BCUT2D eigenvalue weighted by molar-refractivity contribution is 7.92. The van der Waals surface area contributed by atoms with Crippen LogP contribution < -0.4 is 14.4 Å². The van der Waals surface area contributed by atoms with Crippen molar-refractivity contribution in [2.45, 2.75) is 6.92 Å². The summed E-state index contributed by atoms with van der Waals surface area (Å²) in [6.07, 6.45) is 1.09. The number of para-hydroxylation sites is 1. The number of hydrogen-bond acceptors (Lipinski definition) is 6. The number of anilines is 2. The van der Waals surface area contributed by atoms with E-state index in [2.05, 4.69) is 22.6 Å². The molecule has 0 unspecified atom stereocenters.